The first-order valence-electron chi connectivity index (χ1n) is 10.4. The van der Waals surface area contributed by atoms with Crippen LogP contribution in [0.5, 0.6) is 0 Å². The van der Waals surface area contributed by atoms with Gasteiger partial charge in [0.15, 0.2) is 11.6 Å². The maximum Gasteiger partial charge on any atom is 0.159 e. The molecule has 8 heteroatoms. The minimum Gasteiger partial charge on any atom is -0.361 e. The Bertz CT molecular complexity index is 1270. The minimum absolute atomic E-state index is 0.325. The summed E-state index contributed by atoms with van der Waals surface area (Å²) in [5.41, 5.74) is 3.62. The third-order valence-corrected chi connectivity index (χ3v) is 7.32. The topological polar surface area (TPSA) is 39.9 Å². The molecule has 0 N–H and O–H groups in total. The lowest BCUT2D eigenvalue weighted by Gasteiger charge is -2.16. The zero-order valence-corrected chi connectivity index (χ0v) is 20.8. The predicted molar refractivity (Wildman–Crippen MR) is 130 cm³/mol. The van der Waals surface area contributed by atoms with Gasteiger partial charge in [-0.3, -0.25) is 4.98 Å². The first-order valence-corrected chi connectivity index (χ1v) is 14.9. The van der Waals surface area contributed by atoms with Gasteiger partial charge >= 0.3 is 0 Å². The van der Waals surface area contributed by atoms with Crippen LogP contribution in [0.4, 0.5) is 8.78 Å². The Labute approximate surface area is 195 Å². The normalized spacial score (nSPS) is 11.9. The molecule has 0 atom stereocenters. The molecule has 0 unspecified atom stereocenters. The number of halogens is 3. The van der Waals surface area contributed by atoms with E-state index >= 15 is 0 Å². The van der Waals surface area contributed by atoms with Gasteiger partial charge in [0.1, 0.15) is 6.73 Å². The van der Waals surface area contributed by atoms with Gasteiger partial charge in [-0.1, -0.05) is 25.7 Å². The fraction of sp³-hybridized carbons (Fsp3) is 0.250. The predicted octanol–water partition coefficient (Wildman–Crippen LogP) is 7.12. The van der Waals surface area contributed by atoms with Gasteiger partial charge in [0.2, 0.25) is 0 Å². The Kier molecular flexibility index (Phi) is 6.55. The highest BCUT2D eigenvalue weighted by atomic mass is 79.9. The van der Waals surface area contributed by atoms with Crippen LogP contribution < -0.4 is 0 Å². The summed E-state index contributed by atoms with van der Waals surface area (Å²) in [5.74, 6) is -1.79. The SMILES string of the molecule is C[Si](C)(C)CCOCn1cnc(-c2ccc(F)c(F)c2)c1-c1ccc2ncc(Br)cc2c1. The highest BCUT2D eigenvalue weighted by molar-refractivity contribution is 9.10. The van der Waals surface area contributed by atoms with Crippen molar-refractivity contribution in [3.63, 3.8) is 0 Å². The number of hydrogen-bond acceptors (Lipinski definition) is 3. The first-order chi connectivity index (χ1) is 15.2. The highest BCUT2D eigenvalue weighted by Crippen LogP contribution is 2.34. The molecular formula is C24H24BrF2N3OSi. The Hall–Kier alpha value is -2.42. The zero-order chi connectivity index (χ0) is 22.9. The molecule has 2 heterocycles. The number of hydrogen-bond donors (Lipinski definition) is 0. The van der Waals surface area contributed by atoms with E-state index in [-0.39, 0.29) is 0 Å². The molecule has 0 saturated heterocycles. The molecule has 4 nitrogen and oxygen atoms in total. The average molecular weight is 516 g/mol. The largest absolute Gasteiger partial charge is 0.361 e. The molecule has 0 aliphatic heterocycles. The van der Waals surface area contributed by atoms with Gasteiger partial charge in [0, 0.05) is 41.9 Å². The Morgan fingerprint density at radius 3 is 2.50 bits per heavy atom. The highest BCUT2D eigenvalue weighted by Gasteiger charge is 2.18. The third kappa shape index (κ3) is 5.14. The summed E-state index contributed by atoms with van der Waals surface area (Å²) in [5, 5.41) is 0.959. The van der Waals surface area contributed by atoms with Crippen molar-refractivity contribution in [1.29, 1.82) is 0 Å². The minimum atomic E-state index is -1.21. The molecule has 0 amide bonds. The van der Waals surface area contributed by atoms with Crippen LogP contribution >= 0.6 is 15.9 Å². The van der Waals surface area contributed by atoms with Crippen molar-refractivity contribution in [3.05, 3.63) is 71.1 Å². The molecule has 4 aromatic rings. The van der Waals surface area contributed by atoms with Gasteiger partial charge in [-0.15, -0.1) is 0 Å². The van der Waals surface area contributed by atoms with E-state index in [4.69, 9.17) is 4.74 Å². The van der Waals surface area contributed by atoms with E-state index < -0.39 is 19.7 Å². The van der Waals surface area contributed by atoms with Crippen LogP contribution in [0.3, 0.4) is 0 Å². The van der Waals surface area contributed by atoms with Gasteiger partial charge in [-0.05, 0) is 58.4 Å². The molecule has 32 heavy (non-hydrogen) atoms. The van der Waals surface area contributed by atoms with E-state index in [2.05, 4.69) is 45.5 Å². The molecule has 4 rings (SSSR count). The van der Waals surface area contributed by atoms with Crippen molar-refractivity contribution >= 4 is 34.9 Å². The Balaban J connectivity index is 1.76. The van der Waals surface area contributed by atoms with E-state index in [1.54, 1.807) is 18.6 Å². The molecule has 0 bridgehead atoms. The molecule has 0 aliphatic carbocycles. The summed E-state index contributed by atoms with van der Waals surface area (Å²) < 4.78 is 36.3. The monoisotopic (exact) mass is 515 g/mol. The first kappa shape index (κ1) is 22.8. The zero-order valence-electron chi connectivity index (χ0n) is 18.2. The second-order valence-corrected chi connectivity index (χ2v) is 15.5. The van der Waals surface area contributed by atoms with E-state index in [0.717, 1.165) is 38.7 Å². The number of aromatic nitrogens is 3. The maximum absolute atomic E-state index is 14.0. The molecule has 0 aliphatic rings. The van der Waals surface area contributed by atoms with Gasteiger partial charge in [-0.2, -0.15) is 0 Å². The molecule has 2 aromatic carbocycles. The molecule has 166 valence electrons. The second kappa shape index (κ2) is 9.21. The second-order valence-electron chi connectivity index (χ2n) is 8.95. The van der Waals surface area contributed by atoms with E-state index in [1.165, 1.54) is 6.07 Å². The molecular weight excluding hydrogens is 492 g/mol. The molecule has 0 saturated carbocycles. The Morgan fingerprint density at radius 2 is 1.75 bits per heavy atom. The van der Waals surface area contributed by atoms with Crippen molar-refractivity contribution in [2.24, 2.45) is 0 Å². The number of ether oxygens (including phenoxy) is 1. The summed E-state index contributed by atoms with van der Waals surface area (Å²) >= 11 is 3.47. The lowest BCUT2D eigenvalue weighted by atomic mass is 10.0. The van der Waals surface area contributed by atoms with Crippen LogP contribution in [0, 0.1) is 11.6 Å². The summed E-state index contributed by atoms with van der Waals surface area (Å²) in [6.07, 6.45) is 3.44. The number of fused-ring (bicyclic) bond motifs is 1. The number of nitrogens with zero attached hydrogens (tertiary/aromatic N) is 3. The van der Waals surface area contributed by atoms with Crippen LogP contribution in [0.15, 0.2) is 59.5 Å². The van der Waals surface area contributed by atoms with Gasteiger partial charge in [-0.25, -0.2) is 13.8 Å². The number of imidazole rings is 1. The number of rotatable bonds is 7. The smallest absolute Gasteiger partial charge is 0.159 e. The standard InChI is InChI=1S/C24H24BrF2N3OSi/c1-32(2,3)9-8-31-15-30-14-29-23(16-4-6-20(26)21(27)12-16)24(30)17-5-7-22-18(10-17)11-19(25)13-28-22/h4-7,10-14H,8-9,15H2,1-3H3. The van der Waals surface area contributed by atoms with Crippen molar-refractivity contribution in [3.8, 4) is 22.5 Å². The third-order valence-electron chi connectivity index (χ3n) is 5.18. The van der Waals surface area contributed by atoms with Crippen molar-refractivity contribution in [2.45, 2.75) is 32.4 Å². The van der Waals surface area contributed by atoms with Crippen LogP contribution in [0.2, 0.25) is 25.7 Å². The van der Waals surface area contributed by atoms with Crippen LogP contribution in [-0.2, 0) is 11.5 Å². The van der Waals surface area contributed by atoms with Crippen molar-refractivity contribution in [1.82, 2.24) is 14.5 Å². The summed E-state index contributed by atoms with van der Waals surface area (Å²) in [6, 6.07) is 12.8. The molecule has 0 spiro atoms. The van der Waals surface area contributed by atoms with Crippen LogP contribution in [-0.4, -0.2) is 29.2 Å². The van der Waals surface area contributed by atoms with Crippen molar-refractivity contribution < 1.29 is 13.5 Å². The molecule has 0 radical (unpaired) electrons. The summed E-state index contributed by atoms with van der Waals surface area (Å²) in [7, 11) is -1.21. The average Bonchev–Trinajstić information content (AvgIpc) is 3.16. The Morgan fingerprint density at radius 1 is 0.969 bits per heavy atom. The van der Waals surface area contributed by atoms with E-state index in [1.807, 2.05) is 28.8 Å². The van der Waals surface area contributed by atoms with Gasteiger partial charge in [0.25, 0.3) is 0 Å². The molecule has 0 fully saturated rings. The summed E-state index contributed by atoms with van der Waals surface area (Å²) in [6.45, 7) is 7.91. The summed E-state index contributed by atoms with van der Waals surface area (Å²) in [4.78, 5) is 8.97. The van der Waals surface area contributed by atoms with E-state index in [0.29, 0.717) is 24.6 Å². The molecule has 2 aromatic heterocycles. The van der Waals surface area contributed by atoms with Gasteiger partial charge < -0.3 is 9.30 Å². The van der Waals surface area contributed by atoms with Crippen LogP contribution in [0.25, 0.3) is 33.4 Å². The van der Waals surface area contributed by atoms with Crippen molar-refractivity contribution in [2.75, 3.05) is 6.61 Å². The lowest BCUT2D eigenvalue weighted by Crippen LogP contribution is -2.22. The van der Waals surface area contributed by atoms with Crippen LogP contribution in [0.1, 0.15) is 0 Å². The lowest BCUT2D eigenvalue weighted by molar-refractivity contribution is 0.0882. The number of benzene rings is 2. The van der Waals surface area contributed by atoms with E-state index in [9.17, 15) is 8.78 Å². The maximum atomic E-state index is 14.0. The van der Waals surface area contributed by atoms with Gasteiger partial charge in [0.05, 0.1) is 23.2 Å². The fourth-order valence-corrected chi connectivity index (χ4v) is 4.54. The quantitative estimate of drug-likeness (QED) is 0.194. The number of pyridine rings is 1. The fourth-order valence-electron chi connectivity index (χ4n) is 3.43.